The molecule has 2 heteroatoms. The molecule has 0 saturated carbocycles. The quantitative estimate of drug-likeness (QED) is 0.107. The molecule has 0 atom stereocenters. The summed E-state index contributed by atoms with van der Waals surface area (Å²) in [5, 5.41) is 10.4. The van der Waals surface area contributed by atoms with Gasteiger partial charge in [0.2, 0.25) is 0 Å². The Morgan fingerprint density at radius 1 is 0.552 bits per heavy atom. The Morgan fingerprint density at radius 2 is 0.897 bits per heavy atom. The molecule has 0 aromatic heterocycles. The van der Waals surface area contributed by atoms with Gasteiger partial charge in [0.05, 0.1) is 20.1 Å². The molecule has 174 valence electrons. The van der Waals surface area contributed by atoms with Crippen molar-refractivity contribution in [1.29, 1.82) is 0 Å². The van der Waals surface area contributed by atoms with Gasteiger partial charge >= 0.3 is 0 Å². The normalized spacial score (nSPS) is 12.6. The summed E-state index contributed by atoms with van der Waals surface area (Å²) >= 11 is 0. The number of rotatable bonds is 22. The fourth-order valence-corrected chi connectivity index (χ4v) is 4.20. The fourth-order valence-electron chi connectivity index (χ4n) is 4.20. The summed E-state index contributed by atoms with van der Waals surface area (Å²) in [4.78, 5) is 0. The minimum absolute atomic E-state index is 0.624. The first-order valence-corrected chi connectivity index (χ1v) is 13.3. The summed E-state index contributed by atoms with van der Waals surface area (Å²) in [6.07, 6.45) is 27.3. The third-order valence-corrected chi connectivity index (χ3v) is 6.29. The Labute approximate surface area is 184 Å². The zero-order valence-corrected chi connectivity index (χ0v) is 20.8. The maximum absolute atomic E-state index is 10.4. The van der Waals surface area contributed by atoms with Crippen molar-refractivity contribution in [2.45, 2.75) is 143 Å². The summed E-state index contributed by atoms with van der Waals surface area (Å²) < 4.78 is 0.909. The standard InChI is InChI=1S/C27H55NO/c1-5-8-11-12-13-14-15-16-17-18-19-20-21-22-23-27(29)26-28(4,24-9-6-2)25-10-7-3/h26H,5-25H2,1-4H3/p+1. The van der Waals surface area contributed by atoms with Crippen molar-refractivity contribution < 1.29 is 9.59 Å². The average molecular weight is 411 g/mol. The lowest BCUT2D eigenvalue weighted by Crippen LogP contribution is -2.40. The second-order valence-corrected chi connectivity index (χ2v) is 9.60. The summed E-state index contributed by atoms with van der Waals surface area (Å²) in [6.45, 7) is 9.10. The number of allylic oxidation sites excluding steroid dienone is 1. The van der Waals surface area contributed by atoms with E-state index in [1.54, 1.807) is 0 Å². The molecule has 0 heterocycles. The van der Waals surface area contributed by atoms with Gasteiger partial charge in [0, 0.05) is 6.42 Å². The van der Waals surface area contributed by atoms with E-state index in [0.717, 1.165) is 30.4 Å². The van der Waals surface area contributed by atoms with Crippen LogP contribution in [0.3, 0.4) is 0 Å². The van der Waals surface area contributed by atoms with E-state index in [1.165, 1.54) is 109 Å². The van der Waals surface area contributed by atoms with E-state index in [1.807, 2.05) is 0 Å². The molecule has 29 heavy (non-hydrogen) atoms. The van der Waals surface area contributed by atoms with Crippen LogP contribution in [0.4, 0.5) is 0 Å². The predicted molar refractivity (Wildman–Crippen MR) is 131 cm³/mol. The summed E-state index contributed by atoms with van der Waals surface area (Å²) in [6, 6.07) is 0. The lowest BCUT2D eigenvalue weighted by Gasteiger charge is -2.30. The molecular formula is C27H56NO+. The van der Waals surface area contributed by atoms with Crippen molar-refractivity contribution in [2.24, 2.45) is 0 Å². The smallest absolute Gasteiger partial charge is 0.145 e. The van der Waals surface area contributed by atoms with Crippen LogP contribution in [0.15, 0.2) is 12.0 Å². The molecule has 0 aliphatic rings. The molecular weight excluding hydrogens is 354 g/mol. The molecule has 0 saturated heterocycles. The van der Waals surface area contributed by atoms with Crippen molar-refractivity contribution in [3.8, 4) is 0 Å². The van der Waals surface area contributed by atoms with Crippen LogP contribution in [-0.2, 0) is 0 Å². The number of quaternary nitrogens is 1. The van der Waals surface area contributed by atoms with Crippen LogP contribution in [0, 0.1) is 0 Å². The SMILES string of the molecule is CCCCCCCCCCCCCCCCC(O)=C[N+](C)(CCCC)CCCC. The third kappa shape index (κ3) is 19.2. The van der Waals surface area contributed by atoms with Crippen molar-refractivity contribution in [2.75, 3.05) is 20.1 Å². The Balaban J connectivity index is 3.68. The lowest BCUT2D eigenvalue weighted by molar-refractivity contribution is -0.861. The van der Waals surface area contributed by atoms with Gasteiger partial charge < -0.3 is 5.11 Å². The highest BCUT2D eigenvalue weighted by molar-refractivity contribution is 4.85. The minimum Gasteiger partial charge on any atom is -0.507 e. The van der Waals surface area contributed by atoms with Crippen LogP contribution in [-0.4, -0.2) is 29.7 Å². The summed E-state index contributed by atoms with van der Waals surface area (Å²) in [5.74, 6) is 0.624. The molecule has 0 fully saturated rings. The van der Waals surface area contributed by atoms with Crippen molar-refractivity contribution >= 4 is 0 Å². The number of aliphatic hydroxyl groups excluding tert-OH is 1. The van der Waals surface area contributed by atoms with Crippen molar-refractivity contribution in [3.63, 3.8) is 0 Å². The molecule has 0 bridgehead atoms. The summed E-state index contributed by atoms with van der Waals surface area (Å²) in [7, 11) is 2.28. The van der Waals surface area contributed by atoms with Crippen LogP contribution >= 0.6 is 0 Å². The Bertz CT molecular complexity index is 356. The van der Waals surface area contributed by atoms with E-state index in [2.05, 4.69) is 34.0 Å². The zero-order chi connectivity index (χ0) is 21.6. The molecule has 0 aromatic carbocycles. The highest BCUT2D eigenvalue weighted by Crippen LogP contribution is 2.17. The van der Waals surface area contributed by atoms with E-state index in [0.29, 0.717) is 5.76 Å². The van der Waals surface area contributed by atoms with Crippen LogP contribution in [0.2, 0.25) is 0 Å². The van der Waals surface area contributed by atoms with Gasteiger partial charge in [-0.25, -0.2) is 0 Å². The summed E-state index contributed by atoms with van der Waals surface area (Å²) in [5.41, 5.74) is 0. The molecule has 0 rings (SSSR count). The monoisotopic (exact) mass is 410 g/mol. The van der Waals surface area contributed by atoms with Crippen LogP contribution < -0.4 is 0 Å². The fraction of sp³-hybridized carbons (Fsp3) is 0.926. The van der Waals surface area contributed by atoms with Gasteiger partial charge in [0.15, 0.2) is 0 Å². The van der Waals surface area contributed by atoms with E-state index in [9.17, 15) is 5.11 Å². The highest BCUT2D eigenvalue weighted by Gasteiger charge is 2.19. The third-order valence-electron chi connectivity index (χ3n) is 6.29. The first kappa shape index (κ1) is 28.5. The zero-order valence-electron chi connectivity index (χ0n) is 20.8. The van der Waals surface area contributed by atoms with Crippen molar-refractivity contribution in [1.82, 2.24) is 0 Å². The highest BCUT2D eigenvalue weighted by atomic mass is 16.3. The molecule has 0 aliphatic carbocycles. The van der Waals surface area contributed by atoms with Gasteiger partial charge in [-0.15, -0.1) is 0 Å². The molecule has 2 nitrogen and oxygen atoms in total. The van der Waals surface area contributed by atoms with E-state index in [4.69, 9.17) is 0 Å². The largest absolute Gasteiger partial charge is 0.507 e. The number of hydrogen-bond acceptors (Lipinski definition) is 1. The predicted octanol–water partition coefficient (Wildman–Crippen LogP) is 9.30. The first-order valence-electron chi connectivity index (χ1n) is 13.3. The van der Waals surface area contributed by atoms with Gasteiger partial charge in [0.25, 0.3) is 0 Å². The molecule has 0 radical (unpaired) electrons. The maximum Gasteiger partial charge on any atom is 0.145 e. The minimum atomic E-state index is 0.624. The molecule has 0 unspecified atom stereocenters. The first-order chi connectivity index (χ1) is 14.1. The van der Waals surface area contributed by atoms with Gasteiger partial charge in [-0.05, 0) is 19.3 Å². The second kappa shape index (κ2) is 20.8. The number of hydrogen-bond donors (Lipinski definition) is 1. The molecule has 1 N–H and O–H groups in total. The van der Waals surface area contributed by atoms with Gasteiger partial charge in [-0.3, -0.25) is 4.48 Å². The maximum atomic E-state index is 10.4. The Hall–Kier alpha value is -0.500. The average Bonchev–Trinajstić information content (AvgIpc) is 2.71. The number of nitrogens with zero attached hydrogens (tertiary/aromatic N) is 1. The van der Waals surface area contributed by atoms with Crippen LogP contribution in [0.5, 0.6) is 0 Å². The molecule has 0 spiro atoms. The van der Waals surface area contributed by atoms with E-state index >= 15 is 0 Å². The molecule has 0 aromatic rings. The Kier molecular flexibility index (Phi) is 20.4. The van der Waals surface area contributed by atoms with Gasteiger partial charge in [-0.2, -0.15) is 0 Å². The number of aliphatic hydroxyl groups is 1. The lowest BCUT2D eigenvalue weighted by atomic mass is 10.0. The van der Waals surface area contributed by atoms with Crippen LogP contribution in [0.25, 0.3) is 0 Å². The van der Waals surface area contributed by atoms with E-state index < -0.39 is 0 Å². The number of unbranched alkanes of at least 4 members (excludes halogenated alkanes) is 15. The van der Waals surface area contributed by atoms with Crippen molar-refractivity contribution in [3.05, 3.63) is 12.0 Å². The van der Waals surface area contributed by atoms with E-state index in [-0.39, 0.29) is 0 Å². The van der Waals surface area contributed by atoms with Gasteiger partial charge in [0.1, 0.15) is 12.0 Å². The van der Waals surface area contributed by atoms with Gasteiger partial charge in [-0.1, -0.05) is 117 Å². The van der Waals surface area contributed by atoms with Crippen LogP contribution in [0.1, 0.15) is 143 Å². The molecule has 0 amide bonds. The molecule has 0 aliphatic heterocycles. The second-order valence-electron chi connectivity index (χ2n) is 9.60. The Morgan fingerprint density at radius 3 is 1.28 bits per heavy atom. The topological polar surface area (TPSA) is 20.2 Å².